The minimum atomic E-state index is -0.651. The number of halogens is 1. The predicted octanol–water partition coefficient (Wildman–Crippen LogP) is 8.44. The van der Waals surface area contributed by atoms with E-state index in [0.717, 1.165) is 43.1 Å². The van der Waals surface area contributed by atoms with Crippen molar-refractivity contribution in [1.29, 1.82) is 0 Å². The van der Waals surface area contributed by atoms with E-state index in [-0.39, 0.29) is 43.0 Å². The van der Waals surface area contributed by atoms with E-state index in [2.05, 4.69) is 22.8 Å². The van der Waals surface area contributed by atoms with Gasteiger partial charge >= 0.3 is 0 Å². The maximum atomic E-state index is 15.4. The Morgan fingerprint density at radius 1 is 0.604 bits per heavy atom. The van der Waals surface area contributed by atoms with E-state index >= 15 is 4.39 Å². The molecule has 7 aromatic carbocycles. The topological polar surface area (TPSA) is 76.7 Å². The smallest absolute Gasteiger partial charge is 0.252 e. The molecule has 0 bridgehead atoms. The maximum Gasteiger partial charge on any atom is 0.252 e. The van der Waals surface area contributed by atoms with Gasteiger partial charge in [-0.15, -0.1) is 0 Å². The summed E-state index contributed by atoms with van der Waals surface area (Å²) in [5.74, 6) is -1.08. The van der Waals surface area contributed by atoms with E-state index in [1.165, 1.54) is 12.1 Å². The molecule has 7 rings (SSSR count). The third-order valence-corrected chi connectivity index (χ3v) is 8.45. The van der Waals surface area contributed by atoms with E-state index in [9.17, 15) is 9.59 Å². The Morgan fingerprint density at radius 2 is 1.04 bits per heavy atom. The van der Waals surface area contributed by atoms with Crippen LogP contribution in [0.15, 0.2) is 127 Å². The van der Waals surface area contributed by atoms with Crippen LogP contribution in [-0.4, -0.2) is 37.6 Å². The van der Waals surface area contributed by atoms with Gasteiger partial charge in [0.1, 0.15) is 12.7 Å². The van der Waals surface area contributed by atoms with E-state index in [1.54, 1.807) is 13.0 Å². The highest BCUT2D eigenvalue weighted by Crippen LogP contribution is 2.30. The monoisotopic (exact) mass is 636 g/mol. The molecule has 2 N–H and O–H groups in total. The van der Waals surface area contributed by atoms with Crippen molar-refractivity contribution in [1.82, 2.24) is 10.6 Å². The number of rotatable bonds is 10. The third-order valence-electron chi connectivity index (χ3n) is 8.45. The molecular weight excluding hydrogens is 603 g/mol. The fourth-order valence-electron chi connectivity index (χ4n) is 6.21. The van der Waals surface area contributed by atoms with Crippen molar-refractivity contribution in [3.8, 4) is 11.5 Å². The first kappa shape index (κ1) is 30.7. The van der Waals surface area contributed by atoms with Crippen LogP contribution in [0.4, 0.5) is 4.39 Å². The molecule has 1 atom stereocenters. The van der Waals surface area contributed by atoms with Crippen molar-refractivity contribution in [2.75, 3.05) is 19.7 Å². The van der Waals surface area contributed by atoms with Crippen molar-refractivity contribution in [2.24, 2.45) is 0 Å². The lowest BCUT2D eigenvalue weighted by Crippen LogP contribution is -2.34. The van der Waals surface area contributed by atoms with E-state index in [4.69, 9.17) is 9.47 Å². The summed E-state index contributed by atoms with van der Waals surface area (Å²) >= 11 is 0. The van der Waals surface area contributed by atoms with Crippen LogP contribution >= 0.6 is 0 Å². The van der Waals surface area contributed by atoms with Crippen LogP contribution in [0.3, 0.4) is 0 Å². The van der Waals surface area contributed by atoms with Gasteiger partial charge < -0.3 is 20.1 Å². The number of carbonyl (C=O) groups excluding carboxylic acids is 2. The first-order valence-electron chi connectivity index (χ1n) is 15.9. The highest BCUT2D eigenvalue weighted by Gasteiger charge is 2.19. The van der Waals surface area contributed by atoms with Crippen LogP contribution in [-0.2, 0) is 0 Å². The Hall–Kier alpha value is -5.95. The summed E-state index contributed by atoms with van der Waals surface area (Å²) in [7, 11) is 0. The quantitative estimate of drug-likeness (QED) is 0.117. The van der Waals surface area contributed by atoms with Crippen molar-refractivity contribution >= 4 is 54.9 Å². The molecule has 238 valence electrons. The van der Waals surface area contributed by atoms with Crippen LogP contribution in [0.2, 0.25) is 0 Å². The maximum absolute atomic E-state index is 15.4. The normalized spacial score (nSPS) is 11.9. The van der Waals surface area contributed by atoms with Gasteiger partial charge in [-0.05, 0) is 74.3 Å². The van der Waals surface area contributed by atoms with E-state index in [1.807, 2.05) is 97.1 Å². The Morgan fingerprint density at radius 3 is 1.54 bits per heavy atom. The highest BCUT2D eigenvalue weighted by atomic mass is 19.1. The molecule has 0 saturated carbocycles. The molecule has 2 amide bonds. The van der Waals surface area contributed by atoms with Crippen LogP contribution in [0.1, 0.15) is 27.6 Å². The number of benzene rings is 7. The lowest BCUT2D eigenvalue weighted by Gasteiger charge is -2.18. The molecule has 0 unspecified atom stereocenters. The van der Waals surface area contributed by atoms with Crippen LogP contribution in [0, 0.1) is 5.82 Å². The molecule has 0 fully saturated rings. The average molecular weight is 637 g/mol. The van der Waals surface area contributed by atoms with Gasteiger partial charge in [0, 0.05) is 0 Å². The molecule has 0 aliphatic rings. The van der Waals surface area contributed by atoms with Gasteiger partial charge in [-0.1, -0.05) is 103 Å². The van der Waals surface area contributed by atoms with E-state index < -0.39 is 11.9 Å². The molecule has 7 aromatic rings. The molecule has 0 saturated heterocycles. The second-order valence-electron chi connectivity index (χ2n) is 11.7. The zero-order valence-corrected chi connectivity index (χ0v) is 26.3. The van der Waals surface area contributed by atoms with Gasteiger partial charge in [0.15, 0.2) is 11.5 Å². The molecule has 7 heteroatoms. The summed E-state index contributed by atoms with van der Waals surface area (Å²) in [4.78, 5) is 26.8. The molecule has 48 heavy (non-hydrogen) atoms. The molecule has 0 aliphatic heterocycles. The van der Waals surface area contributed by atoms with Gasteiger partial charge in [-0.2, -0.15) is 4.39 Å². The van der Waals surface area contributed by atoms with Crippen molar-refractivity contribution in [3.63, 3.8) is 0 Å². The number of carbonyl (C=O) groups is 2. The van der Waals surface area contributed by atoms with Crippen LogP contribution in [0.25, 0.3) is 43.1 Å². The third kappa shape index (κ3) is 6.10. The highest BCUT2D eigenvalue weighted by molar-refractivity contribution is 6.19. The van der Waals surface area contributed by atoms with Crippen molar-refractivity contribution in [3.05, 3.63) is 144 Å². The summed E-state index contributed by atoms with van der Waals surface area (Å²) in [5, 5.41) is 13.3. The number of hydrogen-bond donors (Lipinski definition) is 2. The van der Waals surface area contributed by atoms with Crippen LogP contribution < -0.4 is 20.1 Å². The van der Waals surface area contributed by atoms with Gasteiger partial charge in [0.05, 0.1) is 24.2 Å². The molecule has 0 heterocycles. The van der Waals surface area contributed by atoms with E-state index in [0.29, 0.717) is 11.1 Å². The number of ether oxygens (including phenoxy) is 2. The number of amides is 2. The summed E-state index contributed by atoms with van der Waals surface area (Å²) in [5.41, 5.74) is 1.19. The van der Waals surface area contributed by atoms with Gasteiger partial charge in [-0.25, -0.2) is 0 Å². The summed E-state index contributed by atoms with van der Waals surface area (Å²) < 4.78 is 27.0. The average Bonchev–Trinajstić information content (AvgIpc) is 3.11. The standard InChI is InChI=1S/C41H33FN2O4/c1-26(25-44-41(46)38-33-17-8-4-13-29(33)24-30-14-5-9-18-34(30)38)48-36-20-10-19-35(39(36)42)47-22-21-43-40(45)37-31-15-6-2-11-27(31)23-28-12-3-7-16-32(28)37/h2-20,23-24,26H,21-22,25H2,1H3,(H,43,45)(H,44,46)/t26-/m0/s1. The molecule has 0 radical (unpaired) electrons. The first-order valence-corrected chi connectivity index (χ1v) is 15.9. The number of fused-ring (bicyclic) bond motifs is 4. The van der Waals surface area contributed by atoms with Gasteiger partial charge in [-0.3, -0.25) is 9.59 Å². The Kier molecular flexibility index (Phi) is 8.58. The summed E-state index contributed by atoms with van der Waals surface area (Å²) in [6, 6.07) is 40.0. The molecule has 6 nitrogen and oxygen atoms in total. The minimum Gasteiger partial charge on any atom is -0.489 e. The lowest BCUT2D eigenvalue weighted by molar-refractivity contribution is 0.0932. The molecule has 0 aliphatic carbocycles. The Balaban J connectivity index is 0.977. The zero-order chi connectivity index (χ0) is 33.0. The Bertz CT molecular complexity index is 2210. The van der Waals surface area contributed by atoms with Crippen molar-refractivity contribution in [2.45, 2.75) is 13.0 Å². The van der Waals surface area contributed by atoms with Gasteiger partial charge in [0.2, 0.25) is 5.82 Å². The summed E-state index contributed by atoms with van der Waals surface area (Å²) in [6.07, 6.45) is -0.533. The molecule has 0 spiro atoms. The fraction of sp³-hybridized carbons (Fsp3) is 0.122. The fourth-order valence-corrected chi connectivity index (χ4v) is 6.21. The minimum absolute atomic E-state index is 0.0100. The van der Waals surface area contributed by atoms with Crippen molar-refractivity contribution < 1.29 is 23.5 Å². The predicted molar refractivity (Wildman–Crippen MR) is 190 cm³/mol. The summed E-state index contributed by atoms with van der Waals surface area (Å²) in [6.45, 7) is 2.16. The van der Waals surface area contributed by atoms with Crippen LogP contribution in [0.5, 0.6) is 11.5 Å². The lowest BCUT2D eigenvalue weighted by atomic mass is 9.96. The number of nitrogens with one attached hydrogen (secondary N) is 2. The van der Waals surface area contributed by atoms with Gasteiger partial charge in [0.25, 0.3) is 11.8 Å². The molecule has 0 aromatic heterocycles. The second kappa shape index (κ2) is 13.4. The SMILES string of the molecule is C[C@@H](CNC(=O)c1c2ccccc2cc2ccccc12)Oc1cccc(OCCNC(=O)c2c3ccccc3cc3ccccc23)c1F. The first-order chi connectivity index (χ1) is 23.5. The number of hydrogen-bond acceptors (Lipinski definition) is 4. The Labute approximate surface area is 277 Å². The largest absolute Gasteiger partial charge is 0.489 e. The zero-order valence-electron chi connectivity index (χ0n) is 26.3. The molecular formula is C41H33FN2O4. The second-order valence-corrected chi connectivity index (χ2v) is 11.7.